The van der Waals surface area contributed by atoms with E-state index in [-0.39, 0.29) is 6.61 Å². The molecule has 1 amide bonds. The standard InChI is InChI=1S/C8H9NO4/c10-8(11)9-13-12-6-7-4-2-1-3-5-7/h1-5,9H,6H2,(H,10,11). The number of nitrogens with one attached hydrogen (secondary N) is 1. The lowest BCUT2D eigenvalue weighted by Gasteiger charge is -2.01. The van der Waals surface area contributed by atoms with E-state index in [1.807, 2.05) is 30.3 Å². The Morgan fingerprint density at radius 2 is 2.08 bits per heavy atom. The van der Waals surface area contributed by atoms with Crippen molar-refractivity contribution in [1.29, 1.82) is 0 Å². The molecule has 0 aliphatic carbocycles. The van der Waals surface area contributed by atoms with E-state index in [9.17, 15) is 4.79 Å². The molecule has 1 aromatic carbocycles. The average Bonchev–Trinajstić information content (AvgIpc) is 2.14. The fourth-order valence-electron chi connectivity index (χ4n) is 0.737. The van der Waals surface area contributed by atoms with Crippen LogP contribution in [-0.4, -0.2) is 11.2 Å². The molecule has 0 spiro atoms. The van der Waals surface area contributed by atoms with Crippen LogP contribution in [0.4, 0.5) is 4.79 Å². The van der Waals surface area contributed by atoms with Crippen molar-refractivity contribution in [1.82, 2.24) is 5.48 Å². The minimum atomic E-state index is -1.30. The average molecular weight is 183 g/mol. The lowest BCUT2D eigenvalue weighted by molar-refractivity contribution is -0.335. The SMILES string of the molecule is O=C(O)NOOCc1ccccc1. The highest BCUT2D eigenvalue weighted by molar-refractivity contribution is 5.62. The van der Waals surface area contributed by atoms with E-state index < -0.39 is 6.09 Å². The molecule has 13 heavy (non-hydrogen) atoms. The van der Waals surface area contributed by atoms with Crippen LogP contribution in [0.2, 0.25) is 0 Å². The second-order valence-corrected chi connectivity index (χ2v) is 2.24. The Hall–Kier alpha value is -1.59. The first kappa shape index (κ1) is 9.50. The van der Waals surface area contributed by atoms with Gasteiger partial charge in [-0.3, -0.25) is 0 Å². The third kappa shape index (κ3) is 4.09. The largest absolute Gasteiger partial charge is 0.463 e. The zero-order chi connectivity index (χ0) is 9.52. The highest BCUT2D eigenvalue weighted by atomic mass is 17.3. The summed E-state index contributed by atoms with van der Waals surface area (Å²) >= 11 is 0. The highest BCUT2D eigenvalue weighted by Crippen LogP contribution is 1.99. The molecule has 1 aromatic rings. The Morgan fingerprint density at radius 1 is 1.38 bits per heavy atom. The van der Waals surface area contributed by atoms with E-state index in [0.29, 0.717) is 0 Å². The van der Waals surface area contributed by atoms with Crippen LogP contribution in [0.3, 0.4) is 0 Å². The zero-order valence-corrected chi connectivity index (χ0v) is 6.77. The van der Waals surface area contributed by atoms with Crippen molar-refractivity contribution < 1.29 is 19.8 Å². The number of hydrogen-bond donors (Lipinski definition) is 2. The van der Waals surface area contributed by atoms with Crippen LogP contribution in [0.5, 0.6) is 0 Å². The van der Waals surface area contributed by atoms with Gasteiger partial charge in [0.1, 0.15) is 6.61 Å². The maximum Gasteiger partial charge on any atom is 0.431 e. The van der Waals surface area contributed by atoms with E-state index in [0.717, 1.165) is 5.56 Å². The smallest absolute Gasteiger partial charge is 0.431 e. The number of hydroxylamine groups is 1. The minimum Gasteiger partial charge on any atom is -0.463 e. The molecule has 1 rings (SSSR count). The van der Waals surface area contributed by atoms with Crippen molar-refractivity contribution in [2.45, 2.75) is 6.61 Å². The van der Waals surface area contributed by atoms with Crippen LogP contribution in [0.15, 0.2) is 30.3 Å². The summed E-state index contributed by atoms with van der Waals surface area (Å²) in [6, 6.07) is 9.25. The Balaban J connectivity index is 2.17. The molecule has 0 aliphatic heterocycles. The highest BCUT2D eigenvalue weighted by Gasteiger charge is 1.95. The summed E-state index contributed by atoms with van der Waals surface area (Å²) in [4.78, 5) is 18.6. The molecule has 0 atom stereocenters. The number of hydrogen-bond acceptors (Lipinski definition) is 3. The van der Waals surface area contributed by atoms with Gasteiger partial charge in [-0.1, -0.05) is 30.3 Å². The quantitative estimate of drug-likeness (QED) is 0.419. The molecule has 2 N–H and O–H groups in total. The Kier molecular flexibility index (Phi) is 3.74. The Morgan fingerprint density at radius 3 is 2.69 bits per heavy atom. The fraction of sp³-hybridized carbons (Fsp3) is 0.125. The molecular formula is C8H9NO4. The summed E-state index contributed by atoms with van der Waals surface area (Å²) in [5.41, 5.74) is 2.51. The van der Waals surface area contributed by atoms with Crippen molar-refractivity contribution in [2.24, 2.45) is 0 Å². The molecule has 0 unspecified atom stereocenters. The van der Waals surface area contributed by atoms with Gasteiger partial charge in [0.15, 0.2) is 0 Å². The summed E-state index contributed by atoms with van der Waals surface area (Å²) < 4.78 is 0. The van der Waals surface area contributed by atoms with Gasteiger partial charge < -0.3 is 5.11 Å². The molecule has 5 nitrogen and oxygen atoms in total. The van der Waals surface area contributed by atoms with Gasteiger partial charge in [-0.05, 0) is 5.56 Å². The maximum absolute atomic E-state index is 9.89. The normalized spacial score (nSPS) is 9.54. The Labute approximate surface area is 74.8 Å². The number of benzene rings is 1. The summed E-state index contributed by atoms with van der Waals surface area (Å²) in [6.45, 7) is 0.196. The monoisotopic (exact) mass is 183 g/mol. The van der Waals surface area contributed by atoms with E-state index in [1.165, 1.54) is 0 Å². The number of carbonyl (C=O) groups is 1. The lowest BCUT2D eigenvalue weighted by Crippen LogP contribution is -2.21. The maximum atomic E-state index is 9.89. The predicted octanol–water partition coefficient (Wildman–Crippen LogP) is 1.32. The molecule has 0 heterocycles. The third-order valence-electron chi connectivity index (χ3n) is 1.26. The molecule has 0 fully saturated rings. The van der Waals surface area contributed by atoms with Crippen molar-refractivity contribution in [3.63, 3.8) is 0 Å². The second kappa shape index (κ2) is 5.13. The molecule has 0 radical (unpaired) electrons. The van der Waals surface area contributed by atoms with Crippen molar-refractivity contribution in [2.75, 3.05) is 0 Å². The third-order valence-corrected chi connectivity index (χ3v) is 1.26. The minimum absolute atomic E-state index is 0.196. The van der Waals surface area contributed by atoms with Gasteiger partial charge in [-0.2, -0.15) is 5.48 Å². The van der Waals surface area contributed by atoms with E-state index in [4.69, 9.17) is 5.11 Å². The first-order valence-electron chi connectivity index (χ1n) is 3.60. The van der Waals surface area contributed by atoms with E-state index in [1.54, 1.807) is 5.48 Å². The number of carboxylic acid groups (broad SMARTS) is 1. The van der Waals surface area contributed by atoms with Crippen molar-refractivity contribution in [3.8, 4) is 0 Å². The molecular weight excluding hydrogens is 174 g/mol. The van der Waals surface area contributed by atoms with Gasteiger partial charge in [-0.15, -0.1) is 4.99 Å². The molecule has 70 valence electrons. The van der Waals surface area contributed by atoms with Gasteiger partial charge in [0, 0.05) is 0 Å². The van der Waals surface area contributed by atoms with Gasteiger partial charge in [0.05, 0.1) is 0 Å². The number of rotatable bonds is 4. The van der Waals surface area contributed by atoms with Gasteiger partial charge >= 0.3 is 6.09 Å². The molecule has 0 aliphatic rings. The van der Waals surface area contributed by atoms with Crippen LogP contribution < -0.4 is 5.48 Å². The van der Waals surface area contributed by atoms with Crippen LogP contribution >= 0.6 is 0 Å². The molecule has 0 bridgehead atoms. The Bertz CT molecular complexity index is 262. The lowest BCUT2D eigenvalue weighted by atomic mass is 10.2. The first-order valence-corrected chi connectivity index (χ1v) is 3.60. The molecule has 0 saturated carbocycles. The van der Waals surface area contributed by atoms with Crippen molar-refractivity contribution >= 4 is 6.09 Å². The predicted molar refractivity (Wildman–Crippen MR) is 43.5 cm³/mol. The van der Waals surface area contributed by atoms with Gasteiger partial charge in [-0.25, -0.2) is 9.68 Å². The van der Waals surface area contributed by atoms with E-state index in [2.05, 4.69) is 9.88 Å². The van der Waals surface area contributed by atoms with Crippen LogP contribution in [0.25, 0.3) is 0 Å². The summed E-state index contributed by atoms with van der Waals surface area (Å²) in [5, 5.41) is 8.09. The fourth-order valence-corrected chi connectivity index (χ4v) is 0.737. The van der Waals surface area contributed by atoms with Gasteiger partial charge in [0.2, 0.25) is 0 Å². The zero-order valence-electron chi connectivity index (χ0n) is 6.77. The van der Waals surface area contributed by atoms with Crippen LogP contribution in [0, 0.1) is 0 Å². The second-order valence-electron chi connectivity index (χ2n) is 2.24. The van der Waals surface area contributed by atoms with E-state index >= 15 is 0 Å². The van der Waals surface area contributed by atoms with Crippen LogP contribution in [0.1, 0.15) is 5.56 Å². The summed E-state index contributed by atoms with van der Waals surface area (Å²) in [5.74, 6) is 0. The topological polar surface area (TPSA) is 67.8 Å². The summed E-state index contributed by atoms with van der Waals surface area (Å²) in [7, 11) is 0. The van der Waals surface area contributed by atoms with Crippen LogP contribution in [-0.2, 0) is 16.5 Å². The first-order chi connectivity index (χ1) is 6.29. The van der Waals surface area contributed by atoms with Gasteiger partial charge in [0.25, 0.3) is 0 Å². The number of amides is 1. The summed E-state index contributed by atoms with van der Waals surface area (Å²) in [6.07, 6.45) is -1.30. The van der Waals surface area contributed by atoms with Crippen molar-refractivity contribution in [3.05, 3.63) is 35.9 Å². The molecule has 0 saturated heterocycles. The molecule has 0 aromatic heterocycles. The molecule has 5 heteroatoms.